The van der Waals surface area contributed by atoms with E-state index in [0.717, 1.165) is 9.86 Å². The number of hydrogen-bond donors (Lipinski definition) is 0. The Balaban J connectivity index is 3.10. The van der Waals surface area contributed by atoms with Crippen LogP contribution < -0.4 is 9.47 Å². The number of hydrogen-bond acceptors (Lipinski definition) is 4. The van der Waals surface area contributed by atoms with Gasteiger partial charge in [-0.05, 0) is 34.7 Å². The summed E-state index contributed by atoms with van der Waals surface area (Å²) in [5.74, 6) is 1.12. The topological polar surface area (TPSA) is 44.8 Å². The second kappa shape index (κ2) is 5.92. The lowest BCUT2D eigenvalue weighted by Crippen LogP contribution is -2.03. The number of benzene rings is 1. The summed E-state index contributed by atoms with van der Waals surface area (Å²) in [5, 5.41) is 0. The van der Waals surface area contributed by atoms with Crippen molar-refractivity contribution in [2.75, 3.05) is 21.0 Å². The number of carbonyl (C=O) groups excluding carboxylic acids is 1. The molecule has 82 valence electrons. The van der Waals surface area contributed by atoms with E-state index in [1.165, 1.54) is 7.11 Å². The van der Waals surface area contributed by atoms with E-state index in [4.69, 9.17) is 14.2 Å². The van der Waals surface area contributed by atoms with Crippen LogP contribution in [0.5, 0.6) is 11.5 Å². The fourth-order valence-electron chi connectivity index (χ4n) is 1.06. The Kier molecular flexibility index (Phi) is 4.83. The van der Waals surface area contributed by atoms with Gasteiger partial charge in [-0.3, -0.25) is 4.79 Å². The van der Waals surface area contributed by atoms with E-state index in [2.05, 4.69) is 0 Å². The van der Waals surface area contributed by atoms with E-state index in [1.807, 2.05) is 22.6 Å². The molecule has 0 heterocycles. The molecule has 5 heteroatoms. The SMILES string of the molecule is COCOc1c(OC)ccc(C=O)c1I. The van der Waals surface area contributed by atoms with Crippen molar-refractivity contribution >= 4 is 28.9 Å². The third kappa shape index (κ3) is 2.82. The van der Waals surface area contributed by atoms with Crippen LogP contribution >= 0.6 is 22.6 Å². The van der Waals surface area contributed by atoms with Crippen LogP contribution in [0.3, 0.4) is 0 Å². The van der Waals surface area contributed by atoms with Crippen LogP contribution in [0.25, 0.3) is 0 Å². The van der Waals surface area contributed by atoms with Crippen molar-refractivity contribution in [1.29, 1.82) is 0 Å². The van der Waals surface area contributed by atoms with E-state index in [0.29, 0.717) is 17.1 Å². The van der Waals surface area contributed by atoms with E-state index < -0.39 is 0 Å². The van der Waals surface area contributed by atoms with E-state index in [1.54, 1.807) is 19.2 Å². The highest BCUT2D eigenvalue weighted by molar-refractivity contribution is 14.1. The van der Waals surface area contributed by atoms with Gasteiger partial charge in [0.05, 0.1) is 10.7 Å². The average molecular weight is 322 g/mol. The Morgan fingerprint density at radius 3 is 2.67 bits per heavy atom. The van der Waals surface area contributed by atoms with Gasteiger partial charge in [0.1, 0.15) is 0 Å². The molecule has 0 aromatic heterocycles. The average Bonchev–Trinajstić information content (AvgIpc) is 2.27. The lowest BCUT2D eigenvalue weighted by atomic mass is 10.2. The predicted octanol–water partition coefficient (Wildman–Crippen LogP) is 2.10. The minimum Gasteiger partial charge on any atom is -0.493 e. The zero-order valence-corrected chi connectivity index (χ0v) is 10.6. The number of rotatable bonds is 5. The standard InChI is InChI=1S/C10H11IO4/c1-13-6-15-10-8(14-2)4-3-7(5-12)9(10)11/h3-5H,6H2,1-2H3. The molecule has 0 atom stereocenters. The molecule has 0 spiro atoms. The molecule has 0 N–H and O–H groups in total. The lowest BCUT2D eigenvalue weighted by Gasteiger charge is -2.12. The molecular weight excluding hydrogens is 311 g/mol. The van der Waals surface area contributed by atoms with Crippen LogP contribution in [0.4, 0.5) is 0 Å². The second-order valence-corrected chi connectivity index (χ2v) is 3.75. The maximum atomic E-state index is 10.7. The van der Waals surface area contributed by atoms with Crippen LogP contribution in [-0.4, -0.2) is 27.3 Å². The Bertz CT molecular complexity index is 352. The molecule has 0 bridgehead atoms. The van der Waals surface area contributed by atoms with Crippen LogP contribution in [0, 0.1) is 3.57 Å². The van der Waals surface area contributed by atoms with Gasteiger partial charge in [0.25, 0.3) is 0 Å². The first-order valence-corrected chi connectivity index (χ1v) is 5.25. The first kappa shape index (κ1) is 12.3. The van der Waals surface area contributed by atoms with Crippen molar-refractivity contribution in [3.63, 3.8) is 0 Å². The Morgan fingerprint density at radius 1 is 1.40 bits per heavy atom. The number of ether oxygens (including phenoxy) is 3. The molecule has 0 fully saturated rings. The second-order valence-electron chi connectivity index (χ2n) is 2.67. The molecular formula is C10H11IO4. The van der Waals surface area contributed by atoms with Gasteiger partial charge in [0, 0.05) is 12.7 Å². The largest absolute Gasteiger partial charge is 0.493 e. The van der Waals surface area contributed by atoms with Gasteiger partial charge in [-0.15, -0.1) is 0 Å². The van der Waals surface area contributed by atoms with Crippen molar-refractivity contribution in [3.05, 3.63) is 21.3 Å². The maximum absolute atomic E-state index is 10.7. The maximum Gasteiger partial charge on any atom is 0.188 e. The molecule has 1 aromatic carbocycles. The predicted molar refractivity (Wildman–Crippen MR) is 63.6 cm³/mol. The molecule has 0 amide bonds. The van der Waals surface area contributed by atoms with Gasteiger partial charge >= 0.3 is 0 Å². The smallest absolute Gasteiger partial charge is 0.188 e. The summed E-state index contributed by atoms with van der Waals surface area (Å²) >= 11 is 2.04. The van der Waals surface area contributed by atoms with Gasteiger partial charge < -0.3 is 14.2 Å². The Hall–Kier alpha value is -0.820. The Labute approximate surface area is 102 Å². The zero-order chi connectivity index (χ0) is 11.3. The lowest BCUT2D eigenvalue weighted by molar-refractivity contribution is 0.0484. The number of aldehydes is 1. The molecule has 0 aliphatic rings. The van der Waals surface area contributed by atoms with Crippen LogP contribution in [-0.2, 0) is 4.74 Å². The van der Waals surface area contributed by atoms with Crippen molar-refractivity contribution < 1.29 is 19.0 Å². The minimum atomic E-state index is 0.120. The summed E-state index contributed by atoms with van der Waals surface area (Å²) in [6, 6.07) is 3.38. The van der Waals surface area contributed by atoms with Gasteiger partial charge in [-0.1, -0.05) is 0 Å². The molecule has 4 nitrogen and oxygen atoms in total. The highest BCUT2D eigenvalue weighted by Crippen LogP contribution is 2.34. The van der Waals surface area contributed by atoms with E-state index in [9.17, 15) is 4.79 Å². The molecule has 0 saturated heterocycles. The van der Waals surface area contributed by atoms with Gasteiger partial charge in [0.15, 0.2) is 24.6 Å². The minimum absolute atomic E-state index is 0.120. The third-order valence-electron chi connectivity index (χ3n) is 1.76. The monoisotopic (exact) mass is 322 g/mol. The summed E-state index contributed by atoms with van der Waals surface area (Å²) < 4.78 is 16.0. The third-order valence-corrected chi connectivity index (χ3v) is 2.87. The highest BCUT2D eigenvalue weighted by atomic mass is 127. The van der Waals surface area contributed by atoms with Crippen molar-refractivity contribution in [1.82, 2.24) is 0 Å². The highest BCUT2D eigenvalue weighted by Gasteiger charge is 2.12. The van der Waals surface area contributed by atoms with Gasteiger partial charge in [-0.2, -0.15) is 0 Å². The van der Waals surface area contributed by atoms with Crippen LogP contribution in [0.15, 0.2) is 12.1 Å². The number of carbonyl (C=O) groups is 1. The molecule has 1 aromatic rings. The summed E-state index contributed by atoms with van der Waals surface area (Å²) in [6.07, 6.45) is 0.779. The van der Waals surface area contributed by atoms with Crippen molar-refractivity contribution in [3.8, 4) is 11.5 Å². The molecule has 0 saturated carbocycles. The molecule has 0 radical (unpaired) electrons. The van der Waals surface area contributed by atoms with E-state index in [-0.39, 0.29) is 6.79 Å². The quantitative estimate of drug-likeness (QED) is 0.473. The van der Waals surface area contributed by atoms with E-state index >= 15 is 0 Å². The number of methoxy groups -OCH3 is 2. The normalized spacial score (nSPS) is 9.80. The summed E-state index contributed by atoms with van der Waals surface area (Å²) in [4.78, 5) is 10.7. The Morgan fingerprint density at radius 2 is 2.13 bits per heavy atom. The summed E-state index contributed by atoms with van der Waals surface area (Å²) in [6.45, 7) is 0.120. The first-order chi connectivity index (χ1) is 7.24. The van der Waals surface area contributed by atoms with Crippen LogP contribution in [0.1, 0.15) is 10.4 Å². The van der Waals surface area contributed by atoms with Gasteiger partial charge in [-0.25, -0.2) is 0 Å². The summed E-state index contributed by atoms with van der Waals surface area (Å²) in [7, 11) is 3.08. The molecule has 0 aliphatic carbocycles. The molecule has 1 rings (SSSR count). The zero-order valence-electron chi connectivity index (χ0n) is 8.45. The summed E-state index contributed by atoms with van der Waals surface area (Å²) in [5.41, 5.74) is 0.572. The fourth-order valence-corrected chi connectivity index (χ4v) is 1.79. The molecule has 15 heavy (non-hydrogen) atoms. The number of halogens is 1. The molecule has 0 unspecified atom stereocenters. The van der Waals surface area contributed by atoms with Crippen molar-refractivity contribution in [2.45, 2.75) is 0 Å². The fraction of sp³-hybridized carbons (Fsp3) is 0.300. The van der Waals surface area contributed by atoms with Crippen LogP contribution in [0.2, 0.25) is 0 Å². The van der Waals surface area contributed by atoms with Crippen molar-refractivity contribution in [2.24, 2.45) is 0 Å². The molecule has 0 aliphatic heterocycles. The van der Waals surface area contributed by atoms with Gasteiger partial charge in [0.2, 0.25) is 0 Å². The first-order valence-electron chi connectivity index (χ1n) is 4.18.